The molecule has 5 rings (SSSR count). The van der Waals surface area contributed by atoms with E-state index in [1.165, 1.54) is 27.8 Å². The Morgan fingerprint density at radius 1 is 1.05 bits per heavy atom. The second kappa shape index (κ2) is 11.2. The van der Waals surface area contributed by atoms with E-state index in [-0.39, 0.29) is 23.4 Å². The van der Waals surface area contributed by atoms with E-state index in [4.69, 9.17) is 9.72 Å². The zero-order chi connectivity index (χ0) is 26.7. The molecule has 1 fully saturated rings. The van der Waals surface area contributed by atoms with Crippen molar-refractivity contribution in [1.82, 2.24) is 14.3 Å². The minimum atomic E-state index is -3.65. The van der Waals surface area contributed by atoms with Crippen molar-refractivity contribution in [3.05, 3.63) is 78.1 Å². The van der Waals surface area contributed by atoms with Crippen molar-refractivity contribution in [2.75, 3.05) is 19.1 Å². The van der Waals surface area contributed by atoms with Crippen LogP contribution in [-0.4, -0.2) is 48.8 Å². The summed E-state index contributed by atoms with van der Waals surface area (Å²) in [7, 11) is -0.397. The molecule has 0 unspecified atom stereocenters. The smallest absolute Gasteiger partial charge is 0.260 e. The van der Waals surface area contributed by atoms with Gasteiger partial charge in [-0.3, -0.25) is 14.7 Å². The Labute approximate surface area is 227 Å². The monoisotopic (exact) mass is 550 g/mol. The molecule has 1 saturated carbocycles. The van der Waals surface area contributed by atoms with Crippen LogP contribution in [0.4, 0.5) is 5.13 Å². The van der Waals surface area contributed by atoms with Crippen LogP contribution in [0.5, 0.6) is 5.75 Å². The first-order valence-corrected chi connectivity index (χ1v) is 14.9. The summed E-state index contributed by atoms with van der Waals surface area (Å²) < 4.78 is 34.3. The minimum Gasteiger partial charge on any atom is -0.497 e. The van der Waals surface area contributed by atoms with Gasteiger partial charge in [-0.1, -0.05) is 36.7 Å². The third-order valence-corrected chi connectivity index (χ3v) is 9.96. The Bertz CT molecular complexity index is 1520. The van der Waals surface area contributed by atoms with Crippen molar-refractivity contribution in [1.29, 1.82) is 0 Å². The molecule has 1 aliphatic carbocycles. The van der Waals surface area contributed by atoms with Gasteiger partial charge < -0.3 is 4.74 Å². The van der Waals surface area contributed by atoms with Crippen LogP contribution in [-0.2, 0) is 16.6 Å². The van der Waals surface area contributed by atoms with E-state index < -0.39 is 10.0 Å². The van der Waals surface area contributed by atoms with Gasteiger partial charge in [0.25, 0.3) is 5.91 Å². The normalized spacial score (nSPS) is 14.6. The number of thiazole rings is 1. The van der Waals surface area contributed by atoms with Gasteiger partial charge in [-0.25, -0.2) is 13.4 Å². The molecule has 0 spiro atoms. The number of hydrogen-bond donors (Lipinski definition) is 0. The Balaban J connectivity index is 1.44. The Hall–Kier alpha value is -3.34. The van der Waals surface area contributed by atoms with E-state index in [0.717, 1.165) is 42.3 Å². The lowest BCUT2D eigenvalue weighted by Gasteiger charge is -2.30. The molecule has 38 heavy (non-hydrogen) atoms. The molecule has 10 heteroatoms. The van der Waals surface area contributed by atoms with Crippen molar-refractivity contribution >= 4 is 42.6 Å². The van der Waals surface area contributed by atoms with Gasteiger partial charge in [0, 0.05) is 30.9 Å². The Morgan fingerprint density at radius 3 is 2.50 bits per heavy atom. The molecule has 2 heterocycles. The standard InChI is InChI=1S/C28H30N4O4S2/c1-31(22-9-4-3-5-10-22)38(34,35)24-14-11-20(12-15-24)27(33)32(19-21-8-6-7-17-29-21)28-30-25-18-23(36-2)13-16-26(25)37-28/h6-8,11-18,22H,3-5,9-10,19H2,1-2H3. The summed E-state index contributed by atoms with van der Waals surface area (Å²) in [5.41, 5.74) is 1.82. The predicted octanol–water partition coefficient (Wildman–Crippen LogP) is 5.50. The van der Waals surface area contributed by atoms with E-state index >= 15 is 0 Å². The van der Waals surface area contributed by atoms with Crippen LogP contribution >= 0.6 is 11.3 Å². The van der Waals surface area contributed by atoms with Crippen LogP contribution in [0.15, 0.2) is 71.8 Å². The number of fused-ring (bicyclic) bond motifs is 1. The molecule has 0 radical (unpaired) electrons. The quantitative estimate of drug-likeness (QED) is 0.288. The first-order valence-electron chi connectivity index (χ1n) is 12.6. The van der Waals surface area contributed by atoms with Crippen LogP contribution < -0.4 is 9.64 Å². The molecular formula is C28H30N4O4S2. The van der Waals surface area contributed by atoms with Gasteiger partial charge in [0.05, 0.1) is 34.5 Å². The largest absolute Gasteiger partial charge is 0.497 e. The van der Waals surface area contributed by atoms with Crippen LogP contribution in [0, 0.1) is 0 Å². The lowest BCUT2D eigenvalue weighted by molar-refractivity contribution is 0.0984. The molecule has 0 N–H and O–H groups in total. The summed E-state index contributed by atoms with van der Waals surface area (Å²) in [6, 6.07) is 17.4. The number of rotatable bonds is 8. The number of pyridine rings is 1. The third-order valence-electron chi connectivity index (χ3n) is 6.97. The fraction of sp³-hybridized carbons (Fsp3) is 0.321. The molecule has 4 aromatic rings. The number of anilines is 1. The van der Waals surface area contributed by atoms with Crippen molar-refractivity contribution in [3.63, 3.8) is 0 Å². The average molecular weight is 551 g/mol. The Kier molecular flexibility index (Phi) is 7.73. The number of carbonyl (C=O) groups excluding carboxylic acids is 1. The lowest BCUT2D eigenvalue weighted by atomic mass is 9.96. The van der Waals surface area contributed by atoms with Crippen LogP contribution in [0.2, 0.25) is 0 Å². The van der Waals surface area contributed by atoms with Gasteiger partial charge in [-0.05, 0) is 61.4 Å². The number of ether oxygens (including phenoxy) is 1. The second-order valence-electron chi connectivity index (χ2n) is 9.38. The molecule has 198 valence electrons. The minimum absolute atomic E-state index is 0.0154. The SMILES string of the molecule is COc1ccc2sc(N(Cc3ccccn3)C(=O)c3ccc(S(=O)(=O)N(C)C4CCCCC4)cc3)nc2c1. The second-order valence-corrected chi connectivity index (χ2v) is 12.4. The van der Waals surface area contributed by atoms with Crippen molar-refractivity contribution in [2.45, 2.75) is 49.6 Å². The fourth-order valence-corrected chi connectivity index (χ4v) is 7.11. The van der Waals surface area contributed by atoms with Gasteiger partial charge >= 0.3 is 0 Å². The van der Waals surface area contributed by atoms with Crippen molar-refractivity contribution in [3.8, 4) is 5.75 Å². The number of hydrogen-bond acceptors (Lipinski definition) is 7. The van der Waals surface area contributed by atoms with E-state index in [0.29, 0.717) is 22.1 Å². The number of benzene rings is 2. The number of carbonyl (C=O) groups is 1. The highest BCUT2D eigenvalue weighted by Gasteiger charge is 2.29. The Morgan fingerprint density at radius 2 is 1.82 bits per heavy atom. The third kappa shape index (κ3) is 5.43. The highest BCUT2D eigenvalue weighted by molar-refractivity contribution is 7.89. The maximum atomic E-state index is 13.8. The number of methoxy groups -OCH3 is 1. The molecule has 1 amide bonds. The average Bonchev–Trinajstić information content (AvgIpc) is 3.39. The van der Waals surface area contributed by atoms with Gasteiger partial charge in [-0.15, -0.1) is 0 Å². The molecule has 0 bridgehead atoms. The zero-order valence-corrected chi connectivity index (χ0v) is 23.0. The molecular weight excluding hydrogens is 520 g/mol. The van der Waals surface area contributed by atoms with Gasteiger partial charge in [0.15, 0.2) is 5.13 Å². The highest BCUT2D eigenvalue weighted by Crippen LogP contribution is 2.33. The first-order chi connectivity index (χ1) is 18.4. The van der Waals surface area contributed by atoms with Crippen molar-refractivity contribution in [2.24, 2.45) is 0 Å². The van der Waals surface area contributed by atoms with E-state index in [1.54, 1.807) is 37.4 Å². The summed E-state index contributed by atoms with van der Waals surface area (Å²) >= 11 is 1.40. The fourth-order valence-electron chi connectivity index (χ4n) is 4.75. The summed E-state index contributed by atoms with van der Waals surface area (Å²) in [4.78, 5) is 24.6. The number of sulfonamides is 1. The highest BCUT2D eigenvalue weighted by atomic mass is 32.2. The summed E-state index contributed by atoms with van der Waals surface area (Å²) in [5, 5.41) is 0.526. The summed E-state index contributed by atoms with van der Waals surface area (Å²) in [6.07, 6.45) is 6.68. The zero-order valence-electron chi connectivity index (χ0n) is 21.4. The lowest BCUT2D eigenvalue weighted by Crippen LogP contribution is -2.38. The molecule has 0 aliphatic heterocycles. The summed E-state index contributed by atoms with van der Waals surface area (Å²) in [6.45, 7) is 0.223. The van der Waals surface area contributed by atoms with Crippen LogP contribution in [0.3, 0.4) is 0 Å². The molecule has 1 aliphatic rings. The van der Waals surface area contributed by atoms with Crippen molar-refractivity contribution < 1.29 is 17.9 Å². The van der Waals surface area contributed by atoms with Crippen LogP contribution in [0.1, 0.15) is 48.2 Å². The molecule has 8 nitrogen and oxygen atoms in total. The van der Waals surface area contributed by atoms with E-state index in [1.807, 2.05) is 36.4 Å². The maximum Gasteiger partial charge on any atom is 0.260 e. The van der Waals surface area contributed by atoms with E-state index in [2.05, 4.69) is 4.98 Å². The predicted molar refractivity (Wildman–Crippen MR) is 149 cm³/mol. The summed E-state index contributed by atoms with van der Waals surface area (Å²) in [5.74, 6) is 0.401. The number of amides is 1. The topological polar surface area (TPSA) is 92.7 Å². The maximum absolute atomic E-state index is 13.8. The van der Waals surface area contributed by atoms with Gasteiger partial charge in [-0.2, -0.15) is 4.31 Å². The molecule has 0 saturated heterocycles. The number of nitrogens with zero attached hydrogens (tertiary/aromatic N) is 4. The molecule has 2 aromatic heterocycles. The van der Waals surface area contributed by atoms with E-state index in [9.17, 15) is 13.2 Å². The van der Waals surface area contributed by atoms with Gasteiger partial charge in [0.2, 0.25) is 10.0 Å². The van der Waals surface area contributed by atoms with Gasteiger partial charge in [0.1, 0.15) is 5.75 Å². The molecule has 0 atom stereocenters. The molecule has 2 aromatic carbocycles. The van der Waals surface area contributed by atoms with Crippen LogP contribution in [0.25, 0.3) is 10.2 Å². The number of aromatic nitrogens is 2. The first kappa shape index (κ1) is 26.3.